The number of hydrogen-bond donors (Lipinski definition) is 1. The van der Waals surface area contributed by atoms with Gasteiger partial charge in [-0.15, -0.1) is 0 Å². The number of amides is 1. The van der Waals surface area contributed by atoms with Crippen molar-refractivity contribution in [2.45, 2.75) is 46.1 Å². The Morgan fingerprint density at radius 1 is 1.16 bits per heavy atom. The molecule has 2 aromatic rings. The van der Waals surface area contributed by atoms with E-state index < -0.39 is 0 Å². The first-order valence-corrected chi connectivity index (χ1v) is 8.54. The predicted octanol–water partition coefficient (Wildman–Crippen LogP) is 4.69. The van der Waals surface area contributed by atoms with E-state index in [0.717, 1.165) is 22.4 Å². The Morgan fingerprint density at radius 3 is 2.44 bits per heavy atom. The maximum Gasteiger partial charge on any atom is 0.225 e. The first-order chi connectivity index (χ1) is 11.8. The van der Waals surface area contributed by atoms with Gasteiger partial charge in [0.25, 0.3) is 0 Å². The van der Waals surface area contributed by atoms with Gasteiger partial charge < -0.3 is 10.1 Å². The zero-order valence-electron chi connectivity index (χ0n) is 15.5. The summed E-state index contributed by atoms with van der Waals surface area (Å²) in [6.07, 6.45) is 0.0310. The normalized spacial score (nSPS) is 12.1. The van der Waals surface area contributed by atoms with Crippen LogP contribution in [0.2, 0.25) is 0 Å². The second-order valence-electron chi connectivity index (χ2n) is 6.66. The lowest BCUT2D eigenvalue weighted by atomic mass is 9.93. The van der Waals surface area contributed by atoms with Gasteiger partial charge in [0.2, 0.25) is 5.91 Å². The maximum absolute atomic E-state index is 13.7. The summed E-state index contributed by atoms with van der Waals surface area (Å²) in [5.41, 5.74) is 3.62. The van der Waals surface area contributed by atoms with Gasteiger partial charge in [-0.05, 0) is 60.2 Å². The van der Waals surface area contributed by atoms with Crippen LogP contribution in [-0.4, -0.2) is 13.0 Å². The summed E-state index contributed by atoms with van der Waals surface area (Å²) < 4.78 is 19.2. The van der Waals surface area contributed by atoms with Crippen molar-refractivity contribution in [3.8, 4) is 5.75 Å². The molecule has 1 atom stereocenters. The number of methoxy groups -OCH3 is 1. The zero-order chi connectivity index (χ0) is 18.6. The van der Waals surface area contributed by atoms with Gasteiger partial charge in [-0.2, -0.15) is 0 Å². The largest absolute Gasteiger partial charge is 0.496 e. The molecule has 2 aromatic carbocycles. The molecule has 0 saturated carbocycles. The Morgan fingerprint density at radius 2 is 1.84 bits per heavy atom. The number of benzene rings is 2. The number of hydrogen-bond acceptors (Lipinski definition) is 2. The van der Waals surface area contributed by atoms with E-state index in [4.69, 9.17) is 4.74 Å². The highest BCUT2D eigenvalue weighted by atomic mass is 19.1. The van der Waals surface area contributed by atoms with Gasteiger partial charge in [0.15, 0.2) is 0 Å². The molecule has 4 heteroatoms. The van der Waals surface area contributed by atoms with E-state index in [1.807, 2.05) is 19.9 Å². The molecule has 134 valence electrons. The Labute approximate surface area is 149 Å². The van der Waals surface area contributed by atoms with Gasteiger partial charge in [-0.1, -0.05) is 32.0 Å². The molecular weight excluding hydrogens is 317 g/mol. The molecule has 0 aromatic heterocycles. The molecule has 2 rings (SSSR count). The Balaban J connectivity index is 2.17. The van der Waals surface area contributed by atoms with Crippen LogP contribution in [0.1, 0.15) is 55.0 Å². The fourth-order valence-corrected chi connectivity index (χ4v) is 3.00. The van der Waals surface area contributed by atoms with Crippen molar-refractivity contribution in [2.75, 3.05) is 7.11 Å². The summed E-state index contributed by atoms with van der Waals surface area (Å²) in [5.74, 6) is 0.628. The molecule has 0 spiro atoms. The van der Waals surface area contributed by atoms with E-state index in [1.54, 1.807) is 25.3 Å². The monoisotopic (exact) mass is 343 g/mol. The van der Waals surface area contributed by atoms with Crippen molar-refractivity contribution in [1.29, 1.82) is 0 Å². The minimum atomic E-state index is -0.354. The predicted molar refractivity (Wildman–Crippen MR) is 98.5 cm³/mol. The van der Waals surface area contributed by atoms with Crippen LogP contribution in [-0.2, 0) is 11.2 Å². The second kappa shape index (κ2) is 8.15. The van der Waals surface area contributed by atoms with Crippen LogP contribution in [0.5, 0.6) is 5.75 Å². The van der Waals surface area contributed by atoms with E-state index >= 15 is 0 Å². The number of halogens is 1. The average molecular weight is 343 g/mol. The van der Waals surface area contributed by atoms with Crippen LogP contribution < -0.4 is 10.1 Å². The summed E-state index contributed by atoms with van der Waals surface area (Å²) in [5, 5.41) is 2.97. The van der Waals surface area contributed by atoms with Crippen molar-refractivity contribution >= 4 is 5.91 Å². The number of ether oxygens (including phenoxy) is 1. The molecular formula is C21H26FNO2. The lowest BCUT2D eigenvalue weighted by Crippen LogP contribution is -2.29. The number of nitrogens with one attached hydrogen (secondary N) is 1. The van der Waals surface area contributed by atoms with Crippen LogP contribution in [0.3, 0.4) is 0 Å². The molecule has 0 aliphatic carbocycles. The minimum Gasteiger partial charge on any atom is -0.496 e. The van der Waals surface area contributed by atoms with Crippen LogP contribution >= 0.6 is 0 Å². The van der Waals surface area contributed by atoms with Gasteiger partial charge in [0.1, 0.15) is 11.6 Å². The Bertz CT molecular complexity index is 756. The molecule has 1 amide bonds. The third kappa shape index (κ3) is 4.59. The van der Waals surface area contributed by atoms with E-state index in [0.29, 0.717) is 11.5 Å². The van der Waals surface area contributed by atoms with Crippen molar-refractivity contribution in [3.05, 3.63) is 64.5 Å². The third-order valence-corrected chi connectivity index (χ3v) is 4.39. The number of rotatable bonds is 6. The maximum atomic E-state index is 13.7. The van der Waals surface area contributed by atoms with Crippen LogP contribution in [0.25, 0.3) is 0 Å². The molecule has 0 aliphatic heterocycles. The fourth-order valence-electron chi connectivity index (χ4n) is 3.00. The van der Waals surface area contributed by atoms with Crippen LogP contribution in [0.4, 0.5) is 4.39 Å². The lowest BCUT2D eigenvalue weighted by Gasteiger charge is -2.21. The summed E-state index contributed by atoms with van der Waals surface area (Å²) in [6, 6.07) is 10.3. The second-order valence-corrected chi connectivity index (χ2v) is 6.66. The molecule has 1 unspecified atom stereocenters. The highest BCUT2D eigenvalue weighted by molar-refractivity contribution is 5.79. The van der Waals surface area contributed by atoms with Gasteiger partial charge in [-0.3, -0.25) is 4.79 Å². The SMILES string of the molecule is COc1cc(C)c(C(C)NC(=O)Cc2ccccc2F)cc1C(C)C. The molecule has 3 nitrogen and oxygen atoms in total. The molecule has 0 heterocycles. The first kappa shape index (κ1) is 19.0. The van der Waals surface area contributed by atoms with Crippen molar-refractivity contribution in [1.82, 2.24) is 5.32 Å². The fraction of sp³-hybridized carbons (Fsp3) is 0.381. The lowest BCUT2D eigenvalue weighted by molar-refractivity contribution is -0.121. The highest BCUT2D eigenvalue weighted by Crippen LogP contribution is 2.32. The van der Waals surface area contributed by atoms with Crippen molar-refractivity contribution in [2.24, 2.45) is 0 Å². The quantitative estimate of drug-likeness (QED) is 0.826. The summed E-state index contributed by atoms with van der Waals surface area (Å²) in [4.78, 5) is 12.3. The Hall–Kier alpha value is -2.36. The molecule has 0 bridgehead atoms. The van der Waals surface area contributed by atoms with Crippen LogP contribution in [0, 0.1) is 12.7 Å². The minimum absolute atomic E-state index is 0.0310. The Kier molecular flexibility index (Phi) is 6.18. The smallest absolute Gasteiger partial charge is 0.225 e. The molecule has 1 N–H and O–H groups in total. The number of carbonyl (C=O) groups is 1. The molecule has 0 fully saturated rings. The van der Waals surface area contributed by atoms with E-state index in [-0.39, 0.29) is 24.2 Å². The van der Waals surface area contributed by atoms with Gasteiger partial charge in [0.05, 0.1) is 19.6 Å². The van der Waals surface area contributed by atoms with E-state index in [2.05, 4.69) is 25.2 Å². The standard InChI is InChI=1S/C21H26FNO2/c1-13(2)17-12-18(14(3)10-20(17)25-5)15(4)23-21(24)11-16-8-6-7-9-19(16)22/h6-10,12-13,15H,11H2,1-5H3,(H,23,24). The molecule has 0 aliphatic rings. The topological polar surface area (TPSA) is 38.3 Å². The zero-order valence-corrected chi connectivity index (χ0v) is 15.5. The molecule has 0 saturated heterocycles. The summed E-state index contributed by atoms with van der Waals surface area (Å²) >= 11 is 0. The van der Waals surface area contributed by atoms with Gasteiger partial charge >= 0.3 is 0 Å². The molecule has 25 heavy (non-hydrogen) atoms. The summed E-state index contributed by atoms with van der Waals surface area (Å²) in [6.45, 7) is 8.16. The summed E-state index contributed by atoms with van der Waals surface area (Å²) in [7, 11) is 1.67. The van der Waals surface area contributed by atoms with Gasteiger partial charge in [-0.25, -0.2) is 4.39 Å². The van der Waals surface area contributed by atoms with E-state index in [1.165, 1.54) is 6.07 Å². The van der Waals surface area contributed by atoms with E-state index in [9.17, 15) is 9.18 Å². The van der Waals surface area contributed by atoms with Crippen LogP contribution in [0.15, 0.2) is 36.4 Å². The first-order valence-electron chi connectivity index (χ1n) is 8.54. The number of aryl methyl sites for hydroxylation is 1. The number of carbonyl (C=O) groups excluding carboxylic acids is 1. The highest BCUT2D eigenvalue weighted by Gasteiger charge is 2.17. The van der Waals surface area contributed by atoms with Gasteiger partial charge in [0, 0.05) is 0 Å². The molecule has 0 radical (unpaired) electrons. The average Bonchev–Trinajstić information content (AvgIpc) is 2.56. The van der Waals surface area contributed by atoms with Crippen molar-refractivity contribution < 1.29 is 13.9 Å². The third-order valence-electron chi connectivity index (χ3n) is 4.39. The van der Waals surface area contributed by atoms with Crippen molar-refractivity contribution in [3.63, 3.8) is 0 Å².